The third-order valence-corrected chi connectivity index (χ3v) is 8.61. The fourth-order valence-corrected chi connectivity index (χ4v) is 6.22. The molecule has 1 aliphatic rings. The molecule has 0 radical (unpaired) electrons. The molecule has 1 aliphatic heterocycles. The Morgan fingerprint density at radius 1 is 1.00 bits per heavy atom. The van der Waals surface area contributed by atoms with Gasteiger partial charge in [0.15, 0.2) is 16.1 Å². The fourth-order valence-electron chi connectivity index (χ4n) is 4.87. The van der Waals surface area contributed by atoms with E-state index in [0.29, 0.717) is 28.4 Å². The number of anilines is 2. The first kappa shape index (κ1) is 26.6. The van der Waals surface area contributed by atoms with Crippen LogP contribution in [0.5, 0.6) is 0 Å². The molecule has 1 fully saturated rings. The van der Waals surface area contributed by atoms with Crippen molar-refractivity contribution < 1.29 is 13.2 Å². The van der Waals surface area contributed by atoms with E-state index in [1.807, 2.05) is 30.3 Å². The predicted octanol–water partition coefficient (Wildman–Crippen LogP) is 6.81. The molecular formula is C29H27Cl2N3O3S. The SMILES string of the molecule is CS(=O)(=O)c1cnc2ccc(-c3cc(Cl)c(C=O)c(Cl)c3)cc2c1Nc1cccc(CCN2CCCC2)c1. The van der Waals surface area contributed by atoms with E-state index < -0.39 is 9.84 Å². The highest BCUT2D eigenvalue weighted by Crippen LogP contribution is 2.37. The molecule has 38 heavy (non-hydrogen) atoms. The van der Waals surface area contributed by atoms with Crippen LogP contribution in [0, 0.1) is 0 Å². The number of pyridine rings is 1. The summed E-state index contributed by atoms with van der Waals surface area (Å²) in [5.41, 5.74) is 4.76. The van der Waals surface area contributed by atoms with Crippen molar-refractivity contribution in [2.24, 2.45) is 0 Å². The quantitative estimate of drug-likeness (QED) is 0.236. The Kier molecular flexibility index (Phi) is 7.73. The zero-order chi connectivity index (χ0) is 26.9. The van der Waals surface area contributed by atoms with Crippen molar-refractivity contribution in [1.82, 2.24) is 9.88 Å². The highest BCUT2D eigenvalue weighted by Gasteiger charge is 2.19. The highest BCUT2D eigenvalue weighted by molar-refractivity contribution is 7.90. The van der Waals surface area contributed by atoms with Gasteiger partial charge in [0.05, 0.1) is 26.8 Å². The monoisotopic (exact) mass is 567 g/mol. The van der Waals surface area contributed by atoms with Crippen LogP contribution in [0.3, 0.4) is 0 Å². The summed E-state index contributed by atoms with van der Waals surface area (Å²) in [7, 11) is -3.59. The van der Waals surface area contributed by atoms with E-state index in [0.717, 1.165) is 37.3 Å². The number of aldehydes is 1. The van der Waals surface area contributed by atoms with Crippen LogP contribution in [-0.4, -0.2) is 50.5 Å². The van der Waals surface area contributed by atoms with Gasteiger partial charge in [0, 0.05) is 30.1 Å². The van der Waals surface area contributed by atoms with E-state index >= 15 is 0 Å². The van der Waals surface area contributed by atoms with Crippen molar-refractivity contribution in [3.63, 3.8) is 0 Å². The number of hydrogen-bond donors (Lipinski definition) is 1. The lowest BCUT2D eigenvalue weighted by Gasteiger charge is -2.17. The van der Waals surface area contributed by atoms with Gasteiger partial charge in [-0.2, -0.15) is 0 Å². The molecule has 0 bridgehead atoms. The number of sulfone groups is 1. The summed E-state index contributed by atoms with van der Waals surface area (Å²) in [5, 5.41) is 4.51. The fraction of sp³-hybridized carbons (Fsp3) is 0.241. The molecule has 0 amide bonds. The van der Waals surface area contributed by atoms with Crippen LogP contribution >= 0.6 is 23.2 Å². The summed E-state index contributed by atoms with van der Waals surface area (Å²) in [6.45, 7) is 3.30. The van der Waals surface area contributed by atoms with Crippen molar-refractivity contribution in [2.45, 2.75) is 24.2 Å². The van der Waals surface area contributed by atoms with E-state index in [-0.39, 0.29) is 20.5 Å². The lowest BCUT2D eigenvalue weighted by atomic mass is 10.0. The molecule has 0 aliphatic carbocycles. The zero-order valence-corrected chi connectivity index (χ0v) is 23.2. The minimum absolute atomic E-state index is 0.108. The molecule has 196 valence electrons. The summed E-state index contributed by atoms with van der Waals surface area (Å²) in [6, 6.07) is 17.0. The number of rotatable bonds is 8. The number of likely N-dealkylation sites (tertiary alicyclic amines) is 1. The van der Waals surface area contributed by atoms with Gasteiger partial charge in [-0.1, -0.05) is 41.4 Å². The lowest BCUT2D eigenvalue weighted by molar-refractivity contribution is 0.112. The Balaban J connectivity index is 1.56. The number of carbonyl (C=O) groups is 1. The summed E-state index contributed by atoms with van der Waals surface area (Å²) < 4.78 is 25.5. The standard InChI is InChI=1S/C29H27Cl2N3O3S/c1-38(36,37)28-17-32-27-8-7-20(21-15-25(30)24(18-35)26(31)16-21)14-23(27)29(28)33-22-6-4-5-19(13-22)9-12-34-10-2-3-11-34/h4-8,13-18H,2-3,9-12H2,1H3,(H,32,33). The number of nitrogens with zero attached hydrogens (tertiary/aromatic N) is 2. The molecule has 5 rings (SSSR count). The molecule has 0 unspecified atom stereocenters. The Morgan fingerprint density at radius 2 is 1.74 bits per heavy atom. The van der Waals surface area contributed by atoms with Crippen LogP contribution in [0.4, 0.5) is 11.4 Å². The zero-order valence-electron chi connectivity index (χ0n) is 20.9. The molecule has 1 aromatic heterocycles. The molecule has 3 aromatic carbocycles. The second-order valence-corrected chi connectivity index (χ2v) is 12.4. The van der Waals surface area contributed by atoms with Gasteiger partial charge in [-0.15, -0.1) is 0 Å². The molecule has 6 nitrogen and oxygen atoms in total. The number of hydrogen-bond acceptors (Lipinski definition) is 6. The van der Waals surface area contributed by atoms with Crippen molar-refractivity contribution in [1.29, 1.82) is 0 Å². The number of aromatic nitrogens is 1. The topological polar surface area (TPSA) is 79.4 Å². The maximum Gasteiger partial charge on any atom is 0.179 e. The van der Waals surface area contributed by atoms with Crippen molar-refractivity contribution in [3.05, 3.63) is 82.0 Å². The first-order chi connectivity index (χ1) is 18.2. The number of fused-ring (bicyclic) bond motifs is 1. The predicted molar refractivity (Wildman–Crippen MR) is 155 cm³/mol. The smallest absolute Gasteiger partial charge is 0.179 e. The maximum absolute atomic E-state index is 12.8. The van der Waals surface area contributed by atoms with Crippen LogP contribution in [-0.2, 0) is 16.3 Å². The Hall–Kier alpha value is -2.97. The molecule has 9 heteroatoms. The van der Waals surface area contributed by atoms with Gasteiger partial charge in [0.25, 0.3) is 0 Å². The average Bonchev–Trinajstić information content (AvgIpc) is 3.40. The number of nitrogens with one attached hydrogen (secondary N) is 1. The van der Waals surface area contributed by atoms with Crippen LogP contribution in [0.25, 0.3) is 22.0 Å². The maximum atomic E-state index is 12.8. The van der Waals surface area contributed by atoms with Gasteiger partial charge in [-0.25, -0.2) is 8.42 Å². The second-order valence-electron chi connectivity index (χ2n) is 9.60. The average molecular weight is 569 g/mol. The highest BCUT2D eigenvalue weighted by atomic mass is 35.5. The summed E-state index contributed by atoms with van der Waals surface area (Å²) in [4.78, 5) is 18.3. The summed E-state index contributed by atoms with van der Waals surface area (Å²) in [5.74, 6) is 0. The largest absolute Gasteiger partial charge is 0.354 e. The molecular weight excluding hydrogens is 541 g/mol. The van der Waals surface area contributed by atoms with Crippen LogP contribution in [0.2, 0.25) is 10.0 Å². The first-order valence-corrected chi connectivity index (χ1v) is 15.0. The number of carbonyl (C=O) groups excluding carboxylic acids is 1. The molecule has 1 saturated heterocycles. The number of benzene rings is 3. The third kappa shape index (κ3) is 5.71. The molecule has 4 aromatic rings. The first-order valence-electron chi connectivity index (χ1n) is 12.4. The van der Waals surface area contributed by atoms with Gasteiger partial charge in [-0.3, -0.25) is 9.78 Å². The van der Waals surface area contributed by atoms with Crippen molar-refractivity contribution in [3.8, 4) is 11.1 Å². The van der Waals surface area contributed by atoms with Gasteiger partial charge < -0.3 is 10.2 Å². The van der Waals surface area contributed by atoms with E-state index in [2.05, 4.69) is 27.3 Å². The molecule has 0 atom stereocenters. The van der Waals surface area contributed by atoms with E-state index in [4.69, 9.17) is 23.2 Å². The minimum Gasteiger partial charge on any atom is -0.354 e. The Bertz CT molecular complexity index is 1610. The van der Waals surface area contributed by atoms with Gasteiger partial charge in [0.1, 0.15) is 4.90 Å². The summed E-state index contributed by atoms with van der Waals surface area (Å²) >= 11 is 12.6. The lowest BCUT2D eigenvalue weighted by Crippen LogP contribution is -2.21. The van der Waals surface area contributed by atoms with E-state index in [9.17, 15) is 13.2 Å². The van der Waals surface area contributed by atoms with E-state index in [1.54, 1.807) is 12.1 Å². The van der Waals surface area contributed by atoms with Crippen LogP contribution < -0.4 is 5.32 Å². The normalized spacial score (nSPS) is 14.2. The molecule has 0 spiro atoms. The third-order valence-electron chi connectivity index (χ3n) is 6.87. The van der Waals surface area contributed by atoms with Crippen molar-refractivity contribution >= 4 is 61.6 Å². The van der Waals surface area contributed by atoms with Crippen LogP contribution in [0.1, 0.15) is 28.8 Å². The summed E-state index contributed by atoms with van der Waals surface area (Å²) in [6.07, 6.45) is 6.63. The van der Waals surface area contributed by atoms with Crippen molar-refractivity contribution in [2.75, 3.05) is 31.2 Å². The molecule has 1 N–H and O–H groups in total. The molecule has 2 heterocycles. The second kappa shape index (κ2) is 11.0. The Morgan fingerprint density at radius 3 is 2.42 bits per heavy atom. The Labute approximate surface area is 232 Å². The van der Waals surface area contributed by atoms with Gasteiger partial charge in [-0.05, 0) is 85.4 Å². The number of halogens is 2. The van der Waals surface area contributed by atoms with Gasteiger partial charge >= 0.3 is 0 Å². The van der Waals surface area contributed by atoms with E-state index in [1.165, 1.54) is 30.9 Å². The van der Waals surface area contributed by atoms with Gasteiger partial charge in [0.2, 0.25) is 0 Å². The molecule has 0 saturated carbocycles. The van der Waals surface area contributed by atoms with Crippen LogP contribution in [0.15, 0.2) is 65.7 Å². The minimum atomic E-state index is -3.59.